The molecular formula is C13H18N2O. The van der Waals surface area contributed by atoms with E-state index >= 15 is 0 Å². The van der Waals surface area contributed by atoms with Gasteiger partial charge in [-0.1, -0.05) is 31.5 Å². The van der Waals surface area contributed by atoms with Crippen LogP contribution >= 0.6 is 0 Å². The highest BCUT2D eigenvalue weighted by molar-refractivity contribution is 5.87. The zero-order valence-corrected chi connectivity index (χ0v) is 9.62. The van der Waals surface area contributed by atoms with Crippen LogP contribution in [0.3, 0.4) is 0 Å². The number of hydrogen-bond acceptors (Lipinski definition) is 2. The van der Waals surface area contributed by atoms with E-state index in [1.807, 2.05) is 18.2 Å². The van der Waals surface area contributed by atoms with Crippen molar-refractivity contribution in [2.24, 2.45) is 0 Å². The number of hydrogen-bond donors (Lipinski definition) is 2. The Morgan fingerprint density at radius 3 is 3.06 bits per heavy atom. The van der Waals surface area contributed by atoms with E-state index in [1.165, 1.54) is 5.56 Å². The van der Waals surface area contributed by atoms with Gasteiger partial charge in [0.05, 0.1) is 0 Å². The molecule has 0 bridgehead atoms. The fraction of sp³-hybridized carbons (Fsp3) is 0.462. The molecule has 0 aliphatic carbocycles. The van der Waals surface area contributed by atoms with Gasteiger partial charge in [0.25, 0.3) is 0 Å². The van der Waals surface area contributed by atoms with Gasteiger partial charge in [-0.25, -0.2) is 0 Å². The predicted molar refractivity (Wildman–Crippen MR) is 65.5 cm³/mol. The van der Waals surface area contributed by atoms with E-state index in [0.717, 1.165) is 31.5 Å². The lowest BCUT2D eigenvalue weighted by atomic mass is 10.1. The zero-order chi connectivity index (χ0) is 11.4. The first-order valence-electron chi connectivity index (χ1n) is 5.93. The van der Waals surface area contributed by atoms with Crippen LogP contribution < -0.4 is 10.6 Å². The number of fused-ring (bicyclic) bond motifs is 1. The van der Waals surface area contributed by atoms with Crippen molar-refractivity contribution in [1.82, 2.24) is 5.32 Å². The molecule has 1 atom stereocenters. The molecule has 0 fully saturated rings. The van der Waals surface area contributed by atoms with Crippen LogP contribution in [0.25, 0.3) is 0 Å². The third-order valence-electron chi connectivity index (χ3n) is 2.92. The van der Waals surface area contributed by atoms with Crippen molar-refractivity contribution in [3.05, 3.63) is 29.8 Å². The van der Waals surface area contributed by atoms with E-state index in [2.05, 4.69) is 23.6 Å². The number of nitrogens with one attached hydrogen (secondary N) is 2. The number of unbranched alkanes of at least 4 members (excludes halogenated alkanes) is 1. The summed E-state index contributed by atoms with van der Waals surface area (Å²) in [6.07, 6.45) is 2.96. The number of anilines is 1. The summed E-state index contributed by atoms with van der Waals surface area (Å²) in [7, 11) is 0. The molecule has 1 heterocycles. The fourth-order valence-corrected chi connectivity index (χ4v) is 1.97. The van der Waals surface area contributed by atoms with Gasteiger partial charge < -0.3 is 10.6 Å². The number of rotatable bonds is 4. The number of para-hydroxylation sites is 1. The molecule has 1 aromatic rings. The minimum Gasteiger partial charge on any atom is -0.373 e. The molecule has 1 amide bonds. The van der Waals surface area contributed by atoms with E-state index in [9.17, 15) is 4.79 Å². The number of carbonyl (C=O) groups is 1. The van der Waals surface area contributed by atoms with Gasteiger partial charge in [0, 0.05) is 18.7 Å². The quantitative estimate of drug-likeness (QED) is 0.758. The topological polar surface area (TPSA) is 41.1 Å². The van der Waals surface area contributed by atoms with Gasteiger partial charge in [0.15, 0.2) is 0 Å². The van der Waals surface area contributed by atoms with Gasteiger partial charge in [-0.05, 0) is 18.1 Å². The molecule has 1 aliphatic rings. The molecule has 0 spiro atoms. The SMILES string of the molecule is CCCCNC(=O)C1Cc2ccccc2N1. The van der Waals surface area contributed by atoms with Crippen LogP contribution in [0, 0.1) is 0 Å². The summed E-state index contributed by atoms with van der Waals surface area (Å²) >= 11 is 0. The molecule has 2 rings (SSSR count). The molecule has 0 saturated carbocycles. The standard InChI is InChI=1S/C13H18N2O/c1-2-3-8-14-13(16)12-9-10-6-4-5-7-11(10)15-12/h4-7,12,15H,2-3,8-9H2,1H3,(H,14,16). The monoisotopic (exact) mass is 218 g/mol. The molecule has 0 aromatic heterocycles. The van der Waals surface area contributed by atoms with Crippen LogP contribution in [0.4, 0.5) is 5.69 Å². The summed E-state index contributed by atoms with van der Waals surface area (Å²) in [5.41, 5.74) is 2.33. The minimum absolute atomic E-state index is 0.0887. The average Bonchev–Trinajstić information content (AvgIpc) is 2.73. The van der Waals surface area contributed by atoms with Gasteiger partial charge in [0.2, 0.25) is 5.91 Å². The third-order valence-corrected chi connectivity index (χ3v) is 2.92. The Hall–Kier alpha value is -1.51. The fourth-order valence-electron chi connectivity index (χ4n) is 1.97. The summed E-state index contributed by atoms with van der Waals surface area (Å²) in [6.45, 7) is 2.90. The lowest BCUT2D eigenvalue weighted by Crippen LogP contribution is -2.38. The third kappa shape index (κ3) is 2.35. The first-order valence-corrected chi connectivity index (χ1v) is 5.93. The second-order valence-corrected chi connectivity index (χ2v) is 4.20. The summed E-state index contributed by atoms with van der Waals surface area (Å²) in [5, 5.41) is 6.21. The van der Waals surface area contributed by atoms with Crippen LogP contribution in [0.1, 0.15) is 25.3 Å². The summed E-state index contributed by atoms with van der Waals surface area (Å²) in [5.74, 6) is 0.115. The molecule has 1 aromatic carbocycles. The van der Waals surface area contributed by atoms with E-state index in [0.29, 0.717) is 0 Å². The van der Waals surface area contributed by atoms with Crippen molar-refractivity contribution in [2.45, 2.75) is 32.2 Å². The Balaban J connectivity index is 1.88. The molecule has 1 unspecified atom stereocenters. The first kappa shape index (κ1) is 11.0. The largest absolute Gasteiger partial charge is 0.373 e. The summed E-state index contributed by atoms with van der Waals surface area (Å²) in [4.78, 5) is 11.8. The van der Waals surface area contributed by atoms with Crippen molar-refractivity contribution in [1.29, 1.82) is 0 Å². The Morgan fingerprint density at radius 2 is 2.31 bits per heavy atom. The number of amides is 1. The molecule has 3 nitrogen and oxygen atoms in total. The predicted octanol–water partition coefficient (Wildman–Crippen LogP) is 1.94. The second kappa shape index (κ2) is 5.01. The average molecular weight is 218 g/mol. The Bertz CT molecular complexity index is 351. The highest BCUT2D eigenvalue weighted by atomic mass is 16.2. The Labute approximate surface area is 96.2 Å². The Kier molecular flexibility index (Phi) is 3.44. The van der Waals surface area contributed by atoms with Crippen LogP contribution in [0.2, 0.25) is 0 Å². The van der Waals surface area contributed by atoms with Crippen LogP contribution in [-0.4, -0.2) is 18.5 Å². The molecule has 1 aliphatic heterocycles. The molecular weight excluding hydrogens is 200 g/mol. The van der Waals surface area contributed by atoms with Crippen molar-refractivity contribution < 1.29 is 4.79 Å². The molecule has 0 saturated heterocycles. The highest BCUT2D eigenvalue weighted by Gasteiger charge is 2.25. The maximum Gasteiger partial charge on any atom is 0.242 e. The van der Waals surface area contributed by atoms with Crippen molar-refractivity contribution in [3.63, 3.8) is 0 Å². The Morgan fingerprint density at radius 1 is 1.50 bits per heavy atom. The maximum absolute atomic E-state index is 11.8. The normalized spacial score (nSPS) is 17.7. The van der Waals surface area contributed by atoms with Gasteiger partial charge >= 0.3 is 0 Å². The van der Waals surface area contributed by atoms with Crippen LogP contribution in [-0.2, 0) is 11.2 Å². The molecule has 2 N–H and O–H groups in total. The smallest absolute Gasteiger partial charge is 0.242 e. The van der Waals surface area contributed by atoms with E-state index in [4.69, 9.17) is 0 Å². The molecule has 16 heavy (non-hydrogen) atoms. The van der Waals surface area contributed by atoms with Crippen molar-refractivity contribution in [2.75, 3.05) is 11.9 Å². The van der Waals surface area contributed by atoms with Crippen LogP contribution in [0.5, 0.6) is 0 Å². The van der Waals surface area contributed by atoms with Crippen molar-refractivity contribution in [3.8, 4) is 0 Å². The van der Waals surface area contributed by atoms with Gasteiger partial charge in [-0.3, -0.25) is 4.79 Å². The van der Waals surface area contributed by atoms with E-state index in [-0.39, 0.29) is 11.9 Å². The number of carbonyl (C=O) groups excluding carboxylic acids is 1. The van der Waals surface area contributed by atoms with Crippen LogP contribution in [0.15, 0.2) is 24.3 Å². The van der Waals surface area contributed by atoms with Gasteiger partial charge in [0.1, 0.15) is 6.04 Å². The van der Waals surface area contributed by atoms with Crippen molar-refractivity contribution >= 4 is 11.6 Å². The van der Waals surface area contributed by atoms with Gasteiger partial charge in [-0.15, -0.1) is 0 Å². The van der Waals surface area contributed by atoms with E-state index < -0.39 is 0 Å². The maximum atomic E-state index is 11.8. The highest BCUT2D eigenvalue weighted by Crippen LogP contribution is 2.24. The molecule has 3 heteroatoms. The lowest BCUT2D eigenvalue weighted by molar-refractivity contribution is -0.121. The second-order valence-electron chi connectivity index (χ2n) is 4.20. The molecule has 86 valence electrons. The first-order chi connectivity index (χ1) is 7.81. The van der Waals surface area contributed by atoms with Gasteiger partial charge in [-0.2, -0.15) is 0 Å². The lowest BCUT2D eigenvalue weighted by Gasteiger charge is -2.11. The minimum atomic E-state index is -0.0887. The summed E-state index contributed by atoms with van der Waals surface area (Å²) in [6, 6.07) is 8.01. The summed E-state index contributed by atoms with van der Waals surface area (Å²) < 4.78 is 0. The molecule has 0 radical (unpaired) electrons. The zero-order valence-electron chi connectivity index (χ0n) is 9.62. The number of benzene rings is 1. The van der Waals surface area contributed by atoms with E-state index in [1.54, 1.807) is 0 Å².